The van der Waals surface area contributed by atoms with Crippen LogP contribution in [0.4, 0.5) is 0 Å². The molecule has 0 aliphatic rings. The van der Waals surface area contributed by atoms with E-state index in [9.17, 15) is 4.79 Å². The van der Waals surface area contributed by atoms with E-state index in [-0.39, 0.29) is 5.56 Å². The van der Waals surface area contributed by atoms with Crippen LogP contribution in [0.1, 0.15) is 12.5 Å². The molecule has 24 heavy (non-hydrogen) atoms. The predicted octanol–water partition coefficient (Wildman–Crippen LogP) is 3.63. The van der Waals surface area contributed by atoms with Crippen LogP contribution in [-0.4, -0.2) is 22.6 Å². The van der Waals surface area contributed by atoms with E-state index in [0.717, 1.165) is 12.1 Å². The molecular formula is C19H20ClN3O. The zero-order valence-corrected chi connectivity index (χ0v) is 14.6. The summed E-state index contributed by atoms with van der Waals surface area (Å²) in [6, 6.07) is 13.3. The minimum atomic E-state index is -0.0593. The molecule has 3 aromatic rings. The number of nitrogens with zero attached hydrogens (tertiary/aromatic N) is 2. The Bertz CT molecular complexity index is 916. The Balaban J connectivity index is 2.21. The van der Waals surface area contributed by atoms with Crippen LogP contribution in [0, 0.1) is 6.92 Å². The van der Waals surface area contributed by atoms with Gasteiger partial charge < -0.3 is 5.32 Å². The molecular weight excluding hydrogens is 322 g/mol. The van der Waals surface area contributed by atoms with E-state index < -0.39 is 0 Å². The lowest BCUT2D eigenvalue weighted by Gasteiger charge is -2.14. The van der Waals surface area contributed by atoms with E-state index in [0.29, 0.717) is 34.8 Å². The van der Waals surface area contributed by atoms with Crippen molar-refractivity contribution in [3.63, 3.8) is 0 Å². The van der Waals surface area contributed by atoms with E-state index >= 15 is 0 Å². The zero-order valence-electron chi connectivity index (χ0n) is 13.8. The fourth-order valence-corrected chi connectivity index (χ4v) is 2.86. The summed E-state index contributed by atoms with van der Waals surface area (Å²) in [6.45, 7) is 6.22. The van der Waals surface area contributed by atoms with Gasteiger partial charge in [-0.25, -0.2) is 4.98 Å². The van der Waals surface area contributed by atoms with Crippen molar-refractivity contribution in [2.45, 2.75) is 20.4 Å². The lowest BCUT2D eigenvalue weighted by atomic mass is 10.1. The number of aromatic nitrogens is 2. The summed E-state index contributed by atoms with van der Waals surface area (Å²) in [5.41, 5.74) is 2.72. The van der Waals surface area contributed by atoms with Crippen molar-refractivity contribution in [2.75, 3.05) is 13.1 Å². The first kappa shape index (κ1) is 16.7. The second kappa shape index (κ2) is 7.16. The molecule has 0 fully saturated rings. The SMILES string of the molecule is CCNCCn1c(-c2ccc(C)cc2)nc2ccc(Cl)cc2c1=O. The molecule has 4 nitrogen and oxygen atoms in total. The van der Waals surface area contributed by atoms with Crippen LogP contribution in [0.3, 0.4) is 0 Å². The Morgan fingerprint density at radius 2 is 1.92 bits per heavy atom. The highest BCUT2D eigenvalue weighted by Crippen LogP contribution is 2.21. The van der Waals surface area contributed by atoms with Crippen LogP contribution in [0.25, 0.3) is 22.3 Å². The first-order chi connectivity index (χ1) is 11.6. The monoisotopic (exact) mass is 341 g/mol. The van der Waals surface area contributed by atoms with Gasteiger partial charge in [-0.1, -0.05) is 48.4 Å². The molecule has 1 aromatic heterocycles. The number of hydrogen-bond donors (Lipinski definition) is 1. The topological polar surface area (TPSA) is 46.9 Å². The Morgan fingerprint density at radius 1 is 1.17 bits per heavy atom. The summed E-state index contributed by atoms with van der Waals surface area (Å²) in [4.78, 5) is 17.7. The fraction of sp³-hybridized carbons (Fsp3) is 0.263. The number of hydrogen-bond acceptors (Lipinski definition) is 3. The van der Waals surface area contributed by atoms with Gasteiger partial charge in [0.05, 0.1) is 10.9 Å². The summed E-state index contributed by atoms with van der Waals surface area (Å²) in [6.07, 6.45) is 0. The molecule has 1 heterocycles. The maximum absolute atomic E-state index is 13.0. The number of rotatable bonds is 5. The third-order valence-electron chi connectivity index (χ3n) is 3.99. The highest BCUT2D eigenvalue weighted by Gasteiger charge is 2.13. The quantitative estimate of drug-likeness (QED) is 0.721. The number of likely N-dealkylation sites (N-methyl/N-ethyl adjacent to an activating group) is 1. The molecule has 1 N–H and O–H groups in total. The molecule has 5 heteroatoms. The van der Waals surface area contributed by atoms with E-state index in [1.54, 1.807) is 22.8 Å². The van der Waals surface area contributed by atoms with Gasteiger partial charge in [0.1, 0.15) is 5.82 Å². The summed E-state index contributed by atoms with van der Waals surface area (Å²) < 4.78 is 1.73. The van der Waals surface area contributed by atoms with Crippen LogP contribution in [0.5, 0.6) is 0 Å². The first-order valence-electron chi connectivity index (χ1n) is 8.08. The van der Waals surface area contributed by atoms with Crippen LogP contribution in [-0.2, 0) is 6.54 Å². The molecule has 0 saturated carbocycles. The molecule has 0 saturated heterocycles. The summed E-state index contributed by atoms with van der Waals surface area (Å²) in [5.74, 6) is 0.688. The van der Waals surface area contributed by atoms with Gasteiger partial charge in [-0.3, -0.25) is 9.36 Å². The Hall–Kier alpha value is -2.17. The molecule has 0 unspecified atom stereocenters. The van der Waals surface area contributed by atoms with Gasteiger partial charge in [0.25, 0.3) is 5.56 Å². The van der Waals surface area contributed by atoms with E-state index in [2.05, 4.69) is 5.32 Å². The van der Waals surface area contributed by atoms with E-state index in [4.69, 9.17) is 16.6 Å². The van der Waals surface area contributed by atoms with Gasteiger partial charge in [-0.15, -0.1) is 0 Å². The van der Waals surface area contributed by atoms with Gasteiger partial charge in [-0.05, 0) is 31.7 Å². The van der Waals surface area contributed by atoms with Crippen molar-refractivity contribution in [1.82, 2.24) is 14.9 Å². The van der Waals surface area contributed by atoms with Crippen LogP contribution < -0.4 is 10.9 Å². The smallest absolute Gasteiger partial charge is 0.261 e. The molecule has 0 atom stereocenters. The molecule has 0 spiro atoms. The molecule has 0 aliphatic carbocycles. The Morgan fingerprint density at radius 3 is 2.62 bits per heavy atom. The van der Waals surface area contributed by atoms with Crippen LogP contribution >= 0.6 is 11.6 Å². The highest BCUT2D eigenvalue weighted by molar-refractivity contribution is 6.31. The van der Waals surface area contributed by atoms with Crippen molar-refractivity contribution >= 4 is 22.5 Å². The molecule has 0 amide bonds. The summed E-state index contributed by atoms with van der Waals surface area (Å²) in [5, 5.41) is 4.35. The second-order valence-electron chi connectivity index (χ2n) is 5.77. The molecule has 0 aliphatic heterocycles. The fourth-order valence-electron chi connectivity index (χ4n) is 2.69. The van der Waals surface area contributed by atoms with Crippen molar-refractivity contribution in [3.05, 3.63) is 63.4 Å². The average Bonchev–Trinajstić information content (AvgIpc) is 2.58. The Kier molecular flexibility index (Phi) is 4.97. The normalized spacial score (nSPS) is 11.1. The summed E-state index contributed by atoms with van der Waals surface area (Å²) >= 11 is 6.06. The average molecular weight is 342 g/mol. The third kappa shape index (κ3) is 3.35. The van der Waals surface area contributed by atoms with Gasteiger partial charge in [0.2, 0.25) is 0 Å². The summed E-state index contributed by atoms with van der Waals surface area (Å²) in [7, 11) is 0. The highest BCUT2D eigenvalue weighted by atomic mass is 35.5. The van der Waals surface area contributed by atoms with Crippen molar-refractivity contribution in [3.8, 4) is 11.4 Å². The number of benzene rings is 2. The lowest BCUT2D eigenvalue weighted by molar-refractivity contribution is 0.601. The minimum absolute atomic E-state index is 0.0593. The van der Waals surface area contributed by atoms with Crippen LogP contribution in [0.15, 0.2) is 47.3 Å². The molecule has 3 rings (SSSR count). The first-order valence-corrected chi connectivity index (χ1v) is 8.46. The number of fused-ring (bicyclic) bond motifs is 1. The molecule has 0 radical (unpaired) electrons. The van der Waals surface area contributed by atoms with Gasteiger partial charge in [0.15, 0.2) is 0 Å². The number of nitrogens with one attached hydrogen (secondary N) is 1. The maximum atomic E-state index is 13.0. The Labute approximate surface area is 146 Å². The predicted molar refractivity (Wildman–Crippen MR) is 99.7 cm³/mol. The van der Waals surface area contributed by atoms with E-state index in [1.807, 2.05) is 38.1 Å². The second-order valence-corrected chi connectivity index (χ2v) is 6.21. The van der Waals surface area contributed by atoms with Crippen LogP contribution in [0.2, 0.25) is 5.02 Å². The molecule has 2 aromatic carbocycles. The number of halogens is 1. The van der Waals surface area contributed by atoms with Crippen molar-refractivity contribution in [2.24, 2.45) is 0 Å². The van der Waals surface area contributed by atoms with E-state index in [1.165, 1.54) is 5.56 Å². The van der Waals surface area contributed by atoms with Gasteiger partial charge in [0, 0.05) is 23.7 Å². The lowest BCUT2D eigenvalue weighted by Crippen LogP contribution is -2.29. The molecule has 124 valence electrons. The van der Waals surface area contributed by atoms with Gasteiger partial charge >= 0.3 is 0 Å². The van der Waals surface area contributed by atoms with Gasteiger partial charge in [-0.2, -0.15) is 0 Å². The third-order valence-corrected chi connectivity index (χ3v) is 4.22. The largest absolute Gasteiger partial charge is 0.315 e. The minimum Gasteiger partial charge on any atom is -0.315 e. The number of aryl methyl sites for hydroxylation is 1. The maximum Gasteiger partial charge on any atom is 0.261 e. The standard InChI is InChI=1S/C19H20ClN3O/c1-3-21-10-11-23-18(14-6-4-13(2)5-7-14)22-17-9-8-15(20)12-16(17)19(23)24/h4-9,12,21H,3,10-11H2,1-2H3. The zero-order chi connectivity index (χ0) is 17.1. The van der Waals surface area contributed by atoms with Crippen molar-refractivity contribution in [1.29, 1.82) is 0 Å². The molecule has 0 bridgehead atoms. The van der Waals surface area contributed by atoms with Crippen molar-refractivity contribution < 1.29 is 0 Å².